The van der Waals surface area contributed by atoms with Crippen molar-refractivity contribution in [3.8, 4) is 0 Å². The molecule has 5 nitrogen and oxygen atoms in total. The number of fused-ring (bicyclic) bond motifs is 1. The SMILES string of the molecule is O=C(NCc1cccc(N2CCCC2=O)c1)N1CC=C(c2cccc3ccccc23)CC1. The van der Waals surface area contributed by atoms with Gasteiger partial charge in [-0.2, -0.15) is 0 Å². The lowest BCUT2D eigenvalue weighted by molar-refractivity contribution is -0.117. The maximum Gasteiger partial charge on any atom is 0.317 e. The van der Waals surface area contributed by atoms with Crippen LogP contribution in [-0.4, -0.2) is 36.5 Å². The van der Waals surface area contributed by atoms with Gasteiger partial charge in [-0.05, 0) is 52.4 Å². The van der Waals surface area contributed by atoms with Gasteiger partial charge in [0.2, 0.25) is 5.91 Å². The zero-order valence-corrected chi connectivity index (χ0v) is 18.1. The molecule has 3 aromatic rings. The van der Waals surface area contributed by atoms with Crippen LogP contribution in [0, 0.1) is 0 Å². The molecule has 0 unspecified atom stereocenters. The van der Waals surface area contributed by atoms with Crippen LogP contribution in [-0.2, 0) is 11.3 Å². The van der Waals surface area contributed by atoms with Crippen molar-refractivity contribution in [2.75, 3.05) is 24.5 Å². The summed E-state index contributed by atoms with van der Waals surface area (Å²) in [6, 6.07) is 22.7. The highest BCUT2D eigenvalue weighted by molar-refractivity contribution is 5.95. The van der Waals surface area contributed by atoms with Crippen LogP contribution in [0.25, 0.3) is 16.3 Å². The number of amides is 3. The summed E-state index contributed by atoms with van der Waals surface area (Å²) < 4.78 is 0. The van der Waals surface area contributed by atoms with E-state index < -0.39 is 0 Å². The second-order valence-corrected chi connectivity index (χ2v) is 8.43. The predicted octanol–water partition coefficient (Wildman–Crippen LogP) is 4.97. The molecule has 0 radical (unpaired) electrons. The molecule has 5 rings (SSSR count). The van der Waals surface area contributed by atoms with Gasteiger partial charge in [0.05, 0.1) is 0 Å². The molecule has 3 aromatic carbocycles. The molecule has 0 saturated carbocycles. The van der Waals surface area contributed by atoms with E-state index in [1.807, 2.05) is 34.1 Å². The number of carbonyl (C=O) groups is 2. The van der Waals surface area contributed by atoms with E-state index in [0.29, 0.717) is 26.1 Å². The molecule has 1 fully saturated rings. The van der Waals surface area contributed by atoms with Crippen molar-refractivity contribution in [1.82, 2.24) is 10.2 Å². The van der Waals surface area contributed by atoms with Gasteiger partial charge in [-0.15, -0.1) is 0 Å². The van der Waals surface area contributed by atoms with Crippen LogP contribution >= 0.6 is 0 Å². The number of benzene rings is 3. The van der Waals surface area contributed by atoms with Crippen LogP contribution in [0.2, 0.25) is 0 Å². The molecule has 32 heavy (non-hydrogen) atoms. The molecule has 1 saturated heterocycles. The smallest absolute Gasteiger partial charge is 0.317 e. The quantitative estimate of drug-likeness (QED) is 0.642. The highest BCUT2D eigenvalue weighted by atomic mass is 16.2. The largest absolute Gasteiger partial charge is 0.334 e. The second kappa shape index (κ2) is 8.87. The third kappa shape index (κ3) is 4.11. The molecule has 2 aliphatic rings. The molecule has 2 aliphatic heterocycles. The average Bonchev–Trinajstić information content (AvgIpc) is 3.28. The van der Waals surface area contributed by atoms with E-state index in [2.05, 4.69) is 53.9 Å². The maximum absolute atomic E-state index is 12.7. The Labute approximate surface area is 188 Å². The zero-order valence-electron chi connectivity index (χ0n) is 18.1. The van der Waals surface area contributed by atoms with Crippen molar-refractivity contribution in [3.05, 3.63) is 83.9 Å². The Kier molecular flexibility index (Phi) is 5.63. The van der Waals surface area contributed by atoms with Gasteiger partial charge >= 0.3 is 6.03 Å². The molecule has 0 spiro atoms. The number of carbonyl (C=O) groups excluding carboxylic acids is 2. The summed E-state index contributed by atoms with van der Waals surface area (Å²) in [5.41, 5.74) is 4.48. The molecule has 0 atom stereocenters. The van der Waals surface area contributed by atoms with E-state index in [4.69, 9.17) is 0 Å². The summed E-state index contributed by atoms with van der Waals surface area (Å²) in [5.74, 6) is 0.174. The molecule has 0 bridgehead atoms. The van der Waals surface area contributed by atoms with Gasteiger partial charge in [-0.3, -0.25) is 4.79 Å². The van der Waals surface area contributed by atoms with Crippen LogP contribution in [0.4, 0.5) is 10.5 Å². The lowest BCUT2D eigenvalue weighted by atomic mass is 9.94. The number of nitrogens with one attached hydrogen (secondary N) is 1. The third-order valence-corrected chi connectivity index (χ3v) is 6.37. The normalized spacial score (nSPS) is 16.4. The topological polar surface area (TPSA) is 52.7 Å². The fourth-order valence-corrected chi connectivity index (χ4v) is 4.65. The number of rotatable bonds is 4. The van der Waals surface area contributed by atoms with Gasteiger partial charge in [0, 0.05) is 38.3 Å². The Balaban J connectivity index is 1.22. The van der Waals surface area contributed by atoms with Crippen molar-refractivity contribution in [1.29, 1.82) is 0 Å². The van der Waals surface area contributed by atoms with Crippen LogP contribution < -0.4 is 10.2 Å². The lowest BCUT2D eigenvalue weighted by Gasteiger charge is -2.27. The minimum absolute atomic E-state index is 0.0547. The molecule has 0 aliphatic carbocycles. The van der Waals surface area contributed by atoms with Crippen molar-refractivity contribution < 1.29 is 9.59 Å². The van der Waals surface area contributed by atoms with Crippen molar-refractivity contribution in [3.63, 3.8) is 0 Å². The highest BCUT2D eigenvalue weighted by Gasteiger charge is 2.22. The van der Waals surface area contributed by atoms with Gasteiger partial charge in [0.1, 0.15) is 0 Å². The van der Waals surface area contributed by atoms with E-state index in [9.17, 15) is 9.59 Å². The first-order chi connectivity index (χ1) is 15.7. The molecular weight excluding hydrogens is 398 g/mol. The minimum Gasteiger partial charge on any atom is -0.334 e. The average molecular weight is 426 g/mol. The molecule has 5 heteroatoms. The fraction of sp³-hybridized carbons (Fsp3) is 0.259. The van der Waals surface area contributed by atoms with Crippen LogP contribution in [0.15, 0.2) is 72.8 Å². The first-order valence-corrected chi connectivity index (χ1v) is 11.3. The van der Waals surface area contributed by atoms with Crippen molar-refractivity contribution in [2.24, 2.45) is 0 Å². The first-order valence-electron chi connectivity index (χ1n) is 11.3. The Morgan fingerprint density at radius 1 is 0.938 bits per heavy atom. The summed E-state index contributed by atoms with van der Waals surface area (Å²) in [5, 5.41) is 5.54. The monoisotopic (exact) mass is 425 g/mol. The molecule has 162 valence electrons. The number of anilines is 1. The summed E-state index contributed by atoms with van der Waals surface area (Å²) in [4.78, 5) is 28.4. The van der Waals surface area contributed by atoms with Crippen LogP contribution in [0.1, 0.15) is 30.4 Å². The van der Waals surface area contributed by atoms with E-state index in [-0.39, 0.29) is 11.9 Å². The number of urea groups is 1. The van der Waals surface area contributed by atoms with Crippen molar-refractivity contribution >= 4 is 34.0 Å². The number of hydrogen-bond donors (Lipinski definition) is 1. The number of nitrogens with zero attached hydrogens (tertiary/aromatic N) is 2. The minimum atomic E-state index is -0.0547. The highest BCUT2D eigenvalue weighted by Crippen LogP contribution is 2.29. The summed E-state index contributed by atoms with van der Waals surface area (Å²) in [6.07, 6.45) is 4.53. The van der Waals surface area contributed by atoms with Gasteiger partial charge in [0.25, 0.3) is 0 Å². The molecule has 1 N–H and O–H groups in total. The second-order valence-electron chi connectivity index (χ2n) is 8.43. The van der Waals surface area contributed by atoms with E-state index >= 15 is 0 Å². The lowest BCUT2D eigenvalue weighted by Crippen LogP contribution is -2.41. The van der Waals surface area contributed by atoms with E-state index in [1.54, 1.807) is 0 Å². The fourth-order valence-electron chi connectivity index (χ4n) is 4.65. The molecule has 0 aromatic heterocycles. The van der Waals surface area contributed by atoms with Gasteiger partial charge in [0.15, 0.2) is 0 Å². The Bertz CT molecular complexity index is 1190. The summed E-state index contributed by atoms with van der Waals surface area (Å²) >= 11 is 0. The van der Waals surface area contributed by atoms with E-state index in [0.717, 1.165) is 30.6 Å². The third-order valence-electron chi connectivity index (χ3n) is 6.37. The van der Waals surface area contributed by atoms with E-state index in [1.165, 1.54) is 21.9 Å². The van der Waals surface area contributed by atoms with Crippen molar-refractivity contribution in [2.45, 2.75) is 25.8 Å². The number of hydrogen-bond acceptors (Lipinski definition) is 2. The predicted molar refractivity (Wildman–Crippen MR) is 128 cm³/mol. The first kappa shape index (κ1) is 20.3. The standard InChI is InChI=1S/C27H27N3O2/c31-26-12-5-15-30(26)23-9-3-6-20(18-23)19-28-27(32)29-16-13-22(14-17-29)25-11-4-8-21-7-1-2-10-24(21)25/h1-4,6-11,13,18H,5,12,14-17,19H2,(H,28,32). The molecule has 3 amide bonds. The molecular formula is C27H27N3O2. The van der Waals surface area contributed by atoms with Crippen LogP contribution in [0.5, 0.6) is 0 Å². The van der Waals surface area contributed by atoms with Gasteiger partial charge < -0.3 is 15.1 Å². The summed E-state index contributed by atoms with van der Waals surface area (Å²) in [6.45, 7) is 2.52. The summed E-state index contributed by atoms with van der Waals surface area (Å²) in [7, 11) is 0. The Morgan fingerprint density at radius 2 is 1.78 bits per heavy atom. The maximum atomic E-state index is 12.7. The van der Waals surface area contributed by atoms with Gasteiger partial charge in [-0.1, -0.05) is 60.7 Å². The molecule has 2 heterocycles. The zero-order chi connectivity index (χ0) is 21.9. The Hall–Kier alpha value is -3.60. The Morgan fingerprint density at radius 3 is 2.59 bits per heavy atom. The van der Waals surface area contributed by atoms with Crippen LogP contribution in [0.3, 0.4) is 0 Å². The van der Waals surface area contributed by atoms with Gasteiger partial charge in [-0.25, -0.2) is 4.79 Å².